The Hall–Kier alpha value is -0.560. The van der Waals surface area contributed by atoms with Crippen LogP contribution in [0.4, 0.5) is 0 Å². The summed E-state index contributed by atoms with van der Waals surface area (Å²) in [5.41, 5.74) is 12.1. The summed E-state index contributed by atoms with van der Waals surface area (Å²) >= 11 is 4.54. The number of hydrogen-bond acceptors (Lipinski definition) is 3. The third-order valence-corrected chi connectivity index (χ3v) is 7.60. The molecule has 2 atom stereocenters. The maximum atomic E-state index is 3.84. The number of hydrogen-bond donors (Lipinski definition) is 1. The topological polar surface area (TPSA) is 15.3 Å². The van der Waals surface area contributed by atoms with Gasteiger partial charge in [0.15, 0.2) is 0 Å². The molecule has 0 saturated carbocycles. The second-order valence-corrected chi connectivity index (χ2v) is 10.2. The van der Waals surface area contributed by atoms with E-state index in [1.807, 2.05) is 11.8 Å². The molecule has 25 heavy (non-hydrogen) atoms. The molecule has 1 saturated heterocycles. The van der Waals surface area contributed by atoms with Gasteiger partial charge in [-0.05, 0) is 56.4 Å². The maximum Gasteiger partial charge on any atom is 0.121 e. The van der Waals surface area contributed by atoms with E-state index >= 15 is 0 Å². The molecule has 2 nitrogen and oxygen atoms in total. The standard InChI is InChI=1S/C21H27IN2S/c1-14-10-15(2)12-18(11-14)13-20(23-24-8-9-25-21(24)22)19-7-5-6-16(3)17(19)4/h5-7,10-12,20-21,23H,8-9,13H2,1-4H3. The van der Waals surface area contributed by atoms with Crippen molar-refractivity contribution in [1.82, 2.24) is 10.4 Å². The van der Waals surface area contributed by atoms with Crippen LogP contribution < -0.4 is 5.43 Å². The summed E-state index contributed by atoms with van der Waals surface area (Å²) in [6, 6.07) is 13.9. The molecule has 1 heterocycles. The summed E-state index contributed by atoms with van der Waals surface area (Å²) in [5, 5.41) is 2.40. The molecule has 0 aromatic heterocycles. The van der Waals surface area contributed by atoms with E-state index in [-0.39, 0.29) is 0 Å². The Morgan fingerprint density at radius 2 is 1.88 bits per heavy atom. The van der Waals surface area contributed by atoms with Crippen molar-refractivity contribution in [1.29, 1.82) is 0 Å². The van der Waals surface area contributed by atoms with E-state index in [1.165, 1.54) is 39.1 Å². The van der Waals surface area contributed by atoms with Crippen molar-refractivity contribution >= 4 is 34.4 Å². The average Bonchev–Trinajstić information content (AvgIpc) is 2.93. The van der Waals surface area contributed by atoms with E-state index in [9.17, 15) is 0 Å². The number of aryl methyl sites for hydroxylation is 3. The van der Waals surface area contributed by atoms with Crippen molar-refractivity contribution in [3.63, 3.8) is 0 Å². The Morgan fingerprint density at radius 3 is 2.52 bits per heavy atom. The first-order chi connectivity index (χ1) is 11.9. The predicted molar refractivity (Wildman–Crippen MR) is 118 cm³/mol. The highest BCUT2D eigenvalue weighted by atomic mass is 127. The van der Waals surface area contributed by atoms with E-state index in [2.05, 4.69) is 97.1 Å². The van der Waals surface area contributed by atoms with Crippen molar-refractivity contribution in [2.75, 3.05) is 12.3 Å². The fourth-order valence-corrected chi connectivity index (χ4v) is 5.61. The first kappa shape index (κ1) is 19.2. The van der Waals surface area contributed by atoms with Crippen molar-refractivity contribution in [2.24, 2.45) is 0 Å². The van der Waals surface area contributed by atoms with Gasteiger partial charge >= 0.3 is 0 Å². The van der Waals surface area contributed by atoms with E-state index in [0.717, 1.165) is 13.0 Å². The van der Waals surface area contributed by atoms with Gasteiger partial charge in [-0.1, -0.05) is 70.1 Å². The van der Waals surface area contributed by atoms with Gasteiger partial charge in [0.25, 0.3) is 0 Å². The maximum absolute atomic E-state index is 3.84. The van der Waals surface area contributed by atoms with Crippen LogP contribution in [-0.2, 0) is 6.42 Å². The molecule has 2 aromatic rings. The largest absolute Gasteiger partial charge is 0.246 e. The number of rotatable bonds is 5. The van der Waals surface area contributed by atoms with Gasteiger partial charge in [0.2, 0.25) is 0 Å². The van der Waals surface area contributed by atoms with Gasteiger partial charge in [-0.15, -0.1) is 11.8 Å². The molecule has 2 unspecified atom stereocenters. The van der Waals surface area contributed by atoms with E-state index in [1.54, 1.807) is 0 Å². The Balaban J connectivity index is 1.91. The molecule has 1 N–H and O–H groups in total. The lowest BCUT2D eigenvalue weighted by Crippen LogP contribution is -2.42. The normalized spacial score (nSPS) is 19.3. The minimum absolute atomic E-state index is 0.303. The summed E-state index contributed by atoms with van der Waals surface area (Å²) in [6.07, 6.45) is 1.01. The molecule has 0 bridgehead atoms. The smallest absolute Gasteiger partial charge is 0.121 e. The Morgan fingerprint density at radius 1 is 1.16 bits per heavy atom. The van der Waals surface area contributed by atoms with E-state index in [0.29, 0.717) is 9.42 Å². The summed E-state index contributed by atoms with van der Waals surface area (Å²) in [5.74, 6) is 1.20. The van der Waals surface area contributed by atoms with Crippen LogP contribution in [-0.4, -0.2) is 20.7 Å². The lowest BCUT2D eigenvalue weighted by molar-refractivity contribution is 0.201. The molecule has 2 aromatic carbocycles. The molecule has 1 fully saturated rings. The molecule has 0 aliphatic carbocycles. The van der Waals surface area contributed by atoms with Gasteiger partial charge in [0.1, 0.15) is 3.38 Å². The third kappa shape index (κ3) is 4.79. The molecule has 0 amide bonds. The summed E-state index contributed by atoms with van der Waals surface area (Å²) in [4.78, 5) is 0. The highest BCUT2D eigenvalue weighted by Crippen LogP contribution is 2.31. The lowest BCUT2D eigenvalue weighted by Gasteiger charge is -2.29. The number of nitrogens with one attached hydrogen (secondary N) is 1. The summed E-state index contributed by atoms with van der Waals surface area (Å²) in [7, 11) is 0. The number of nitrogens with zero attached hydrogens (tertiary/aromatic N) is 1. The van der Waals surface area contributed by atoms with Gasteiger partial charge in [-0.25, -0.2) is 10.4 Å². The lowest BCUT2D eigenvalue weighted by atomic mass is 9.92. The highest BCUT2D eigenvalue weighted by Gasteiger charge is 2.26. The van der Waals surface area contributed by atoms with Crippen LogP contribution in [0.5, 0.6) is 0 Å². The third-order valence-electron chi connectivity index (χ3n) is 4.90. The first-order valence-corrected chi connectivity index (χ1v) is 11.2. The fraction of sp³-hybridized carbons (Fsp3) is 0.429. The second-order valence-electron chi connectivity index (χ2n) is 7.03. The van der Waals surface area contributed by atoms with Crippen molar-refractivity contribution in [3.8, 4) is 0 Å². The SMILES string of the molecule is Cc1cc(C)cc(CC(NN2CCSC2I)c2cccc(C)c2C)c1. The molecule has 4 heteroatoms. The monoisotopic (exact) mass is 466 g/mol. The van der Waals surface area contributed by atoms with Crippen LogP contribution in [0.3, 0.4) is 0 Å². The van der Waals surface area contributed by atoms with Gasteiger partial charge in [0, 0.05) is 12.3 Å². The van der Waals surface area contributed by atoms with Crippen LogP contribution in [0, 0.1) is 27.7 Å². The van der Waals surface area contributed by atoms with E-state index in [4.69, 9.17) is 0 Å². The number of hydrazine groups is 1. The Kier molecular flexibility index (Phi) is 6.47. The minimum Gasteiger partial charge on any atom is -0.246 e. The first-order valence-electron chi connectivity index (χ1n) is 8.86. The van der Waals surface area contributed by atoms with E-state index < -0.39 is 0 Å². The van der Waals surface area contributed by atoms with Crippen LogP contribution in [0.1, 0.15) is 39.4 Å². The molecule has 0 radical (unpaired) electrons. The zero-order valence-corrected chi connectivity index (χ0v) is 18.4. The molecule has 134 valence electrons. The van der Waals surface area contributed by atoms with Crippen LogP contribution in [0.15, 0.2) is 36.4 Å². The zero-order chi connectivity index (χ0) is 18.0. The van der Waals surface area contributed by atoms with Crippen LogP contribution in [0.2, 0.25) is 0 Å². The summed E-state index contributed by atoms with van der Waals surface area (Å²) in [6.45, 7) is 9.94. The number of halogens is 1. The molecule has 1 aliphatic heterocycles. The van der Waals surface area contributed by atoms with Gasteiger partial charge in [-0.3, -0.25) is 0 Å². The minimum atomic E-state index is 0.303. The molecule has 1 aliphatic rings. The molecule has 3 rings (SSSR count). The van der Waals surface area contributed by atoms with Crippen molar-refractivity contribution in [3.05, 3.63) is 69.8 Å². The number of thioether (sulfide) groups is 1. The Bertz CT molecular complexity index is 726. The van der Waals surface area contributed by atoms with Gasteiger partial charge in [-0.2, -0.15) is 0 Å². The molecular formula is C21H27IN2S. The number of benzene rings is 2. The Labute approximate surface area is 169 Å². The molecule has 0 spiro atoms. The quantitative estimate of drug-likeness (QED) is 0.357. The van der Waals surface area contributed by atoms with Crippen molar-refractivity contribution < 1.29 is 0 Å². The average molecular weight is 466 g/mol. The zero-order valence-electron chi connectivity index (χ0n) is 15.5. The molecular weight excluding hydrogens is 439 g/mol. The van der Waals surface area contributed by atoms with Crippen LogP contribution >= 0.6 is 34.4 Å². The van der Waals surface area contributed by atoms with Crippen molar-refractivity contribution in [2.45, 2.75) is 43.5 Å². The predicted octanol–water partition coefficient (Wildman–Crippen LogP) is 5.48. The van der Waals surface area contributed by atoms with Gasteiger partial charge in [0.05, 0.1) is 6.04 Å². The number of alkyl halides is 1. The fourth-order valence-electron chi connectivity index (χ4n) is 3.56. The second kappa shape index (κ2) is 8.42. The van der Waals surface area contributed by atoms with Crippen LogP contribution in [0.25, 0.3) is 0 Å². The summed E-state index contributed by atoms with van der Waals surface area (Å²) < 4.78 is 0.504. The van der Waals surface area contributed by atoms with Gasteiger partial charge < -0.3 is 0 Å². The highest BCUT2D eigenvalue weighted by molar-refractivity contribution is 14.1.